The van der Waals surface area contributed by atoms with E-state index in [9.17, 15) is 0 Å². The van der Waals surface area contributed by atoms with Crippen molar-refractivity contribution in [3.05, 3.63) is 36.4 Å². The Morgan fingerprint density at radius 1 is 0.621 bits per heavy atom. The van der Waals surface area contributed by atoms with E-state index in [1.807, 2.05) is 11.8 Å². The van der Waals surface area contributed by atoms with Gasteiger partial charge in [-0.05, 0) is 36.1 Å². The van der Waals surface area contributed by atoms with Gasteiger partial charge in [-0.25, -0.2) is 0 Å². The lowest BCUT2D eigenvalue weighted by atomic mass is 10.1. The third-order valence-electron chi connectivity index (χ3n) is 5.60. The van der Waals surface area contributed by atoms with Crippen molar-refractivity contribution >= 4 is 22.5 Å². The van der Waals surface area contributed by atoms with Gasteiger partial charge in [-0.2, -0.15) is 0 Å². The van der Waals surface area contributed by atoms with Gasteiger partial charge in [0.15, 0.2) is 0 Å². The second kappa shape index (κ2) is 15.7. The molecule has 0 atom stereocenters. The molecule has 0 aliphatic rings. The molecule has 29 heavy (non-hydrogen) atoms. The van der Waals surface area contributed by atoms with Gasteiger partial charge in [0.05, 0.1) is 6.61 Å². The first kappa shape index (κ1) is 24.1. The predicted molar refractivity (Wildman–Crippen MR) is 132 cm³/mol. The number of ether oxygens (including phenoxy) is 1. The topological polar surface area (TPSA) is 9.23 Å². The van der Waals surface area contributed by atoms with Crippen LogP contribution in [0.4, 0.5) is 0 Å². The van der Waals surface area contributed by atoms with E-state index < -0.39 is 0 Å². The van der Waals surface area contributed by atoms with Crippen molar-refractivity contribution in [1.29, 1.82) is 0 Å². The summed E-state index contributed by atoms with van der Waals surface area (Å²) in [7, 11) is 0. The summed E-state index contributed by atoms with van der Waals surface area (Å²) in [5.41, 5.74) is 0. The maximum Gasteiger partial charge on any atom is 0.127 e. The maximum absolute atomic E-state index is 6.18. The number of hydrogen-bond acceptors (Lipinski definition) is 2. The fraction of sp³-hybridized carbons (Fsp3) is 0.630. The minimum atomic E-state index is 0.837. The van der Waals surface area contributed by atoms with Crippen LogP contribution in [0, 0.1) is 0 Å². The normalized spacial score (nSPS) is 11.2. The fourth-order valence-electron chi connectivity index (χ4n) is 3.80. The van der Waals surface area contributed by atoms with Gasteiger partial charge in [0.25, 0.3) is 0 Å². The lowest BCUT2D eigenvalue weighted by Crippen LogP contribution is -1.98. The van der Waals surface area contributed by atoms with Crippen LogP contribution in [0.5, 0.6) is 5.75 Å². The van der Waals surface area contributed by atoms with E-state index in [1.54, 1.807) is 0 Å². The van der Waals surface area contributed by atoms with Gasteiger partial charge in [-0.3, -0.25) is 0 Å². The van der Waals surface area contributed by atoms with Crippen molar-refractivity contribution in [2.24, 2.45) is 0 Å². The zero-order valence-electron chi connectivity index (χ0n) is 18.9. The summed E-state index contributed by atoms with van der Waals surface area (Å²) >= 11 is 1.99. The van der Waals surface area contributed by atoms with Gasteiger partial charge < -0.3 is 4.74 Å². The highest BCUT2D eigenvalue weighted by molar-refractivity contribution is 7.99. The van der Waals surface area contributed by atoms with Crippen LogP contribution in [0.15, 0.2) is 41.3 Å². The average Bonchev–Trinajstić information content (AvgIpc) is 2.76. The molecule has 0 aliphatic heterocycles. The van der Waals surface area contributed by atoms with Gasteiger partial charge in [0.2, 0.25) is 0 Å². The lowest BCUT2D eigenvalue weighted by molar-refractivity contribution is 0.307. The summed E-state index contributed by atoms with van der Waals surface area (Å²) in [6.45, 7) is 5.39. The first-order valence-electron chi connectivity index (χ1n) is 12.1. The summed E-state index contributed by atoms with van der Waals surface area (Å²) in [6.07, 6.45) is 17.5. The molecule has 0 amide bonds. The molecule has 0 aliphatic carbocycles. The highest BCUT2D eigenvalue weighted by Gasteiger charge is 2.07. The second-order valence-corrected chi connectivity index (χ2v) is 9.33. The third kappa shape index (κ3) is 9.47. The molecule has 2 rings (SSSR count). The van der Waals surface area contributed by atoms with E-state index in [0.29, 0.717) is 0 Å². The standard InChI is InChI=1S/C27H42OS/c1-3-5-7-8-9-10-11-12-13-16-22-28-26-20-21-27(29-23-17-6-4-2)25-19-15-14-18-24(25)26/h14-15,18-21H,3-13,16-17,22-23H2,1-2H3. The Balaban J connectivity index is 1.69. The van der Waals surface area contributed by atoms with Gasteiger partial charge in [0, 0.05) is 10.3 Å². The van der Waals surface area contributed by atoms with Crippen LogP contribution in [0.1, 0.15) is 97.3 Å². The van der Waals surface area contributed by atoms with Crippen LogP contribution >= 0.6 is 11.8 Å². The predicted octanol–water partition coefficient (Wildman–Crippen LogP) is 9.42. The molecule has 0 heterocycles. The number of unbranched alkanes of at least 4 members (excludes halogenated alkanes) is 11. The van der Waals surface area contributed by atoms with Crippen molar-refractivity contribution in [2.75, 3.05) is 12.4 Å². The summed E-state index contributed by atoms with van der Waals surface area (Å²) in [5, 5.41) is 2.61. The Labute approximate surface area is 184 Å². The minimum absolute atomic E-state index is 0.837. The Morgan fingerprint density at radius 3 is 1.90 bits per heavy atom. The highest BCUT2D eigenvalue weighted by Crippen LogP contribution is 2.34. The van der Waals surface area contributed by atoms with E-state index >= 15 is 0 Å². The molecule has 0 spiro atoms. The Hall–Kier alpha value is -1.15. The molecular formula is C27H42OS. The largest absolute Gasteiger partial charge is 0.493 e. The molecule has 162 valence electrons. The minimum Gasteiger partial charge on any atom is -0.493 e. The van der Waals surface area contributed by atoms with E-state index in [4.69, 9.17) is 4.74 Å². The van der Waals surface area contributed by atoms with Crippen molar-refractivity contribution in [3.63, 3.8) is 0 Å². The quantitative estimate of drug-likeness (QED) is 0.188. The maximum atomic E-state index is 6.18. The molecule has 0 fully saturated rings. The monoisotopic (exact) mass is 414 g/mol. The van der Waals surface area contributed by atoms with Gasteiger partial charge >= 0.3 is 0 Å². The third-order valence-corrected chi connectivity index (χ3v) is 6.76. The number of hydrogen-bond donors (Lipinski definition) is 0. The van der Waals surface area contributed by atoms with E-state index in [1.165, 1.54) is 98.5 Å². The number of benzene rings is 2. The summed E-state index contributed by atoms with van der Waals surface area (Å²) in [5.74, 6) is 2.26. The Morgan fingerprint density at radius 2 is 1.21 bits per heavy atom. The lowest BCUT2D eigenvalue weighted by Gasteiger charge is -2.12. The molecule has 2 aromatic rings. The van der Waals surface area contributed by atoms with Crippen LogP contribution in [-0.4, -0.2) is 12.4 Å². The Kier molecular flexibility index (Phi) is 13.0. The van der Waals surface area contributed by atoms with Crippen molar-refractivity contribution < 1.29 is 4.74 Å². The van der Waals surface area contributed by atoms with Crippen molar-refractivity contribution in [2.45, 2.75) is 102 Å². The summed E-state index contributed by atoms with van der Waals surface area (Å²) in [6, 6.07) is 13.2. The zero-order chi connectivity index (χ0) is 20.6. The van der Waals surface area contributed by atoms with E-state index in [2.05, 4.69) is 50.2 Å². The molecule has 0 saturated carbocycles. The molecule has 0 aromatic heterocycles. The second-order valence-electron chi connectivity index (χ2n) is 8.19. The first-order valence-corrected chi connectivity index (χ1v) is 13.1. The molecular weight excluding hydrogens is 372 g/mol. The zero-order valence-corrected chi connectivity index (χ0v) is 19.7. The molecule has 2 heteroatoms. The molecule has 1 nitrogen and oxygen atoms in total. The van der Waals surface area contributed by atoms with Gasteiger partial charge in [-0.1, -0.05) is 109 Å². The van der Waals surface area contributed by atoms with E-state index in [-0.39, 0.29) is 0 Å². The average molecular weight is 415 g/mol. The molecule has 0 N–H and O–H groups in total. The van der Waals surface area contributed by atoms with Crippen LogP contribution in [0.3, 0.4) is 0 Å². The fourth-order valence-corrected chi connectivity index (χ4v) is 4.87. The smallest absolute Gasteiger partial charge is 0.127 e. The molecule has 2 aromatic carbocycles. The molecule has 0 saturated heterocycles. The van der Waals surface area contributed by atoms with Gasteiger partial charge in [0.1, 0.15) is 5.75 Å². The highest BCUT2D eigenvalue weighted by atomic mass is 32.2. The van der Waals surface area contributed by atoms with E-state index in [0.717, 1.165) is 18.8 Å². The van der Waals surface area contributed by atoms with Crippen LogP contribution in [0.2, 0.25) is 0 Å². The first-order chi connectivity index (χ1) is 14.4. The summed E-state index contributed by atoms with van der Waals surface area (Å²) in [4.78, 5) is 1.39. The van der Waals surface area contributed by atoms with Crippen LogP contribution in [0.25, 0.3) is 10.8 Å². The van der Waals surface area contributed by atoms with Crippen LogP contribution < -0.4 is 4.74 Å². The Bertz CT molecular complexity index is 667. The number of thioether (sulfide) groups is 1. The van der Waals surface area contributed by atoms with Crippen molar-refractivity contribution in [1.82, 2.24) is 0 Å². The SMILES string of the molecule is CCCCCCCCCCCCOc1ccc(SCCCCC)c2ccccc12. The van der Waals surface area contributed by atoms with Gasteiger partial charge in [-0.15, -0.1) is 11.8 Å². The van der Waals surface area contributed by atoms with Crippen LogP contribution in [-0.2, 0) is 0 Å². The number of fused-ring (bicyclic) bond motifs is 1. The summed E-state index contributed by atoms with van der Waals surface area (Å²) < 4.78 is 6.18. The van der Waals surface area contributed by atoms with Crippen molar-refractivity contribution in [3.8, 4) is 5.75 Å². The number of rotatable bonds is 17. The molecule has 0 bridgehead atoms. The molecule has 0 radical (unpaired) electrons. The molecule has 0 unspecified atom stereocenters.